The molecule has 1 aromatic rings. The molecule has 4 nitrogen and oxygen atoms in total. The van der Waals surface area contributed by atoms with Gasteiger partial charge in [-0.2, -0.15) is 0 Å². The van der Waals surface area contributed by atoms with E-state index in [0.29, 0.717) is 11.6 Å². The Morgan fingerprint density at radius 1 is 1.41 bits per heavy atom. The third-order valence-electron chi connectivity index (χ3n) is 2.69. The molecule has 0 saturated carbocycles. The van der Waals surface area contributed by atoms with Crippen LogP contribution in [0.2, 0.25) is 5.02 Å². The van der Waals surface area contributed by atoms with Crippen molar-refractivity contribution in [2.45, 2.75) is 0 Å². The van der Waals surface area contributed by atoms with Gasteiger partial charge in [-0.15, -0.1) is 0 Å². The molecule has 92 valence electrons. The predicted molar refractivity (Wildman–Crippen MR) is 69.4 cm³/mol. The van der Waals surface area contributed by atoms with Crippen LogP contribution in [0.1, 0.15) is 0 Å². The number of rotatable bonds is 3. The van der Waals surface area contributed by atoms with Crippen LogP contribution in [-0.4, -0.2) is 43.5 Å². The molecule has 1 aromatic carbocycles. The number of nitrogens with zero attached hydrogens (tertiary/aromatic N) is 1. The first kappa shape index (κ1) is 12.4. The Balaban J connectivity index is 1.84. The van der Waals surface area contributed by atoms with E-state index in [4.69, 9.17) is 11.6 Å². The van der Waals surface area contributed by atoms with Gasteiger partial charge in [-0.1, -0.05) is 17.7 Å². The molecule has 0 bridgehead atoms. The van der Waals surface area contributed by atoms with Crippen molar-refractivity contribution in [3.05, 3.63) is 29.3 Å². The van der Waals surface area contributed by atoms with Crippen molar-refractivity contribution in [1.29, 1.82) is 0 Å². The second-order valence-electron chi connectivity index (χ2n) is 4.08. The Bertz CT molecular complexity index is 391. The van der Waals surface area contributed by atoms with Crippen LogP contribution in [0.4, 0.5) is 5.69 Å². The Morgan fingerprint density at radius 3 is 2.88 bits per heavy atom. The van der Waals surface area contributed by atoms with Gasteiger partial charge in [0.25, 0.3) is 0 Å². The SMILES string of the molecule is O=C(CN1CCNCC1)Nc1cccc(Cl)c1. The number of carbonyl (C=O) groups is 1. The third-order valence-corrected chi connectivity index (χ3v) is 2.92. The fourth-order valence-corrected chi connectivity index (χ4v) is 2.03. The van der Waals surface area contributed by atoms with Crippen molar-refractivity contribution in [3.63, 3.8) is 0 Å². The molecule has 0 aliphatic carbocycles. The molecule has 2 rings (SSSR count). The van der Waals surface area contributed by atoms with E-state index in [1.54, 1.807) is 12.1 Å². The van der Waals surface area contributed by atoms with E-state index in [9.17, 15) is 4.79 Å². The molecule has 0 unspecified atom stereocenters. The van der Waals surface area contributed by atoms with E-state index in [-0.39, 0.29) is 5.91 Å². The lowest BCUT2D eigenvalue weighted by Crippen LogP contribution is -2.46. The second-order valence-corrected chi connectivity index (χ2v) is 4.52. The van der Waals surface area contributed by atoms with Crippen LogP contribution < -0.4 is 10.6 Å². The molecule has 5 heteroatoms. The molecule has 1 aliphatic heterocycles. The number of piperazine rings is 1. The summed E-state index contributed by atoms with van der Waals surface area (Å²) in [5.74, 6) is 0.00849. The summed E-state index contributed by atoms with van der Waals surface area (Å²) in [4.78, 5) is 13.9. The Kier molecular flexibility index (Phi) is 4.36. The van der Waals surface area contributed by atoms with Crippen molar-refractivity contribution in [3.8, 4) is 0 Å². The average Bonchev–Trinajstić information content (AvgIpc) is 2.30. The Hall–Kier alpha value is -1.10. The first-order valence-corrected chi connectivity index (χ1v) is 6.10. The second kappa shape index (κ2) is 6.00. The number of nitrogens with one attached hydrogen (secondary N) is 2. The van der Waals surface area contributed by atoms with Gasteiger partial charge in [0.2, 0.25) is 5.91 Å². The summed E-state index contributed by atoms with van der Waals surface area (Å²) in [5.41, 5.74) is 0.748. The monoisotopic (exact) mass is 253 g/mol. The summed E-state index contributed by atoms with van der Waals surface area (Å²) in [5, 5.41) is 6.73. The summed E-state index contributed by atoms with van der Waals surface area (Å²) >= 11 is 5.85. The lowest BCUT2D eigenvalue weighted by atomic mass is 10.3. The van der Waals surface area contributed by atoms with E-state index >= 15 is 0 Å². The van der Waals surface area contributed by atoms with Gasteiger partial charge < -0.3 is 10.6 Å². The molecule has 1 aliphatic rings. The van der Waals surface area contributed by atoms with E-state index in [1.165, 1.54) is 0 Å². The average molecular weight is 254 g/mol. The summed E-state index contributed by atoms with van der Waals surface area (Å²) in [6.07, 6.45) is 0. The van der Waals surface area contributed by atoms with Crippen LogP contribution in [0.5, 0.6) is 0 Å². The van der Waals surface area contributed by atoms with Crippen molar-refractivity contribution in [1.82, 2.24) is 10.2 Å². The largest absolute Gasteiger partial charge is 0.325 e. The number of amides is 1. The number of hydrogen-bond acceptors (Lipinski definition) is 3. The highest BCUT2D eigenvalue weighted by molar-refractivity contribution is 6.30. The van der Waals surface area contributed by atoms with Crippen molar-refractivity contribution in [2.75, 3.05) is 38.0 Å². The van der Waals surface area contributed by atoms with E-state index in [2.05, 4.69) is 15.5 Å². The van der Waals surface area contributed by atoms with Crippen LogP contribution in [0, 0.1) is 0 Å². The highest BCUT2D eigenvalue weighted by atomic mass is 35.5. The van der Waals surface area contributed by atoms with Crippen molar-refractivity contribution in [2.24, 2.45) is 0 Å². The lowest BCUT2D eigenvalue weighted by molar-refractivity contribution is -0.117. The minimum Gasteiger partial charge on any atom is -0.325 e. The van der Waals surface area contributed by atoms with Gasteiger partial charge in [-0.05, 0) is 18.2 Å². The quantitative estimate of drug-likeness (QED) is 0.851. The molecular weight excluding hydrogens is 238 g/mol. The fraction of sp³-hybridized carbons (Fsp3) is 0.417. The number of anilines is 1. The minimum absolute atomic E-state index is 0.00849. The van der Waals surface area contributed by atoms with Gasteiger partial charge in [0.05, 0.1) is 6.54 Å². The Morgan fingerprint density at radius 2 is 2.18 bits per heavy atom. The lowest BCUT2D eigenvalue weighted by Gasteiger charge is -2.26. The maximum Gasteiger partial charge on any atom is 0.238 e. The van der Waals surface area contributed by atoms with Gasteiger partial charge >= 0.3 is 0 Å². The normalized spacial score (nSPS) is 16.8. The Labute approximate surface area is 106 Å². The zero-order valence-electron chi connectivity index (χ0n) is 9.58. The summed E-state index contributed by atoms with van der Waals surface area (Å²) in [6.45, 7) is 4.18. The zero-order chi connectivity index (χ0) is 12.1. The molecule has 2 N–H and O–H groups in total. The third kappa shape index (κ3) is 4.00. The van der Waals surface area contributed by atoms with E-state index in [1.807, 2.05) is 12.1 Å². The van der Waals surface area contributed by atoms with Crippen molar-refractivity contribution >= 4 is 23.2 Å². The smallest absolute Gasteiger partial charge is 0.238 e. The maximum atomic E-state index is 11.8. The van der Waals surface area contributed by atoms with Gasteiger partial charge in [-0.25, -0.2) is 0 Å². The number of carbonyl (C=O) groups excluding carboxylic acids is 1. The summed E-state index contributed by atoms with van der Waals surface area (Å²) in [7, 11) is 0. The molecule has 0 atom stereocenters. The van der Waals surface area contributed by atoms with Crippen LogP contribution >= 0.6 is 11.6 Å². The topological polar surface area (TPSA) is 44.4 Å². The number of halogens is 1. The first-order valence-electron chi connectivity index (χ1n) is 5.72. The standard InChI is InChI=1S/C12H16ClN3O/c13-10-2-1-3-11(8-10)15-12(17)9-16-6-4-14-5-7-16/h1-3,8,14H,4-7,9H2,(H,15,17). The number of hydrogen-bond donors (Lipinski definition) is 2. The van der Waals surface area contributed by atoms with Crippen LogP contribution in [0.3, 0.4) is 0 Å². The zero-order valence-corrected chi connectivity index (χ0v) is 10.3. The van der Waals surface area contributed by atoms with Crippen LogP contribution in [0.25, 0.3) is 0 Å². The minimum atomic E-state index is 0.00849. The summed E-state index contributed by atoms with van der Waals surface area (Å²) < 4.78 is 0. The highest BCUT2D eigenvalue weighted by Crippen LogP contribution is 2.14. The molecule has 1 amide bonds. The van der Waals surface area contributed by atoms with Gasteiger partial charge in [0.15, 0.2) is 0 Å². The maximum absolute atomic E-state index is 11.8. The molecule has 1 fully saturated rings. The van der Waals surface area contributed by atoms with Gasteiger partial charge in [0, 0.05) is 36.9 Å². The molecule has 1 saturated heterocycles. The predicted octanol–water partition coefficient (Wildman–Crippen LogP) is 1.18. The molecule has 0 spiro atoms. The van der Waals surface area contributed by atoms with Crippen LogP contribution in [-0.2, 0) is 4.79 Å². The first-order chi connectivity index (χ1) is 8.24. The molecule has 0 aromatic heterocycles. The molecule has 17 heavy (non-hydrogen) atoms. The molecule has 1 heterocycles. The van der Waals surface area contributed by atoms with Gasteiger partial charge in [0.1, 0.15) is 0 Å². The summed E-state index contributed by atoms with van der Waals surface area (Å²) in [6, 6.07) is 7.19. The van der Waals surface area contributed by atoms with Crippen LogP contribution in [0.15, 0.2) is 24.3 Å². The molecule has 0 radical (unpaired) electrons. The van der Waals surface area contributed by atoms with Gasteiger partial charge in [-0.3, -0.25) is 9.69 Å². The van der Waals surface area contributed by atoms with Crippen molar-refractivity contribution < 1.29 is 4.79 Å². The van der Waals surface area contributed by atoms with E-state index in [0.717, 1.165) is 31.9 Å². The molecular formula is C12H16ClN3O. The van der Waals surface area contributed by atoms with E-state index < -0.39 is 0 Å². The fourth-order valence-electron chi connectivity index (χ4n) is 1.84. The highest BCUT2D eigenvalue weighted by Gasteiger charge is 2.13. The number of benzene rings is 1.